The average molecular weight is 226 g/mol. The highest BCUT2D eigenvalue weighted by Gasteiger charge is 2.25. The normalized spacial score (nSPS) is 16.8. The van der Waals surface area contributed by atoms with Crippen molar-refractivity contribution in [1.82, 2.24) is 20.2 Å². The number of hydrogen-bond donors (Lipinski definition) is 1. The fourth-order valence-electron chi connectivity index (χ4n) is 1.42. The van der Waals surface area contributed by atoms with Gasteiger partial charge in [0.05, 0.1) is 12.0 Å². The molecule has 1 N–H and O–H groups in total. The minimum Gasteiger partial charge on any atom is -0.481 e. The van der Waals surface area contributed by atoms with Crippen molar-refractivity contribution in [3.8, 4) is 0 Å². The summed E-state index contributed by atoms with van der Waals surface area (Å²) in [5.41, 5.74) is 0. The third-order valence-electron chi connectivity index (χ3n) is 3.07. The van der Waals surface area contributed by atoms with Crippen molar-refractivity contribution in [3.05, 3.63) is 5.82 Å². The Labute approximate surface area is 94.7 Å². The molecule has 90 valence electrons. The quantitative estimate of drug-likeness (QED) is 0.822. The van der Waals surface area contributed by atoms with Crippen LogP contribution in [-0.4, -0.2) is 31.3 Å². The van der Waals surface area contributed by atoms with Crippen molar-refractivity contribution in [1.29, 1.82) is 0 Å². The second-order valence-electron chi connectivity index (χ2n) is 4.16. The molecular formula is C10H18N4O2. The summed E-state index contributed by atoms with van der Waals surface area (Å²) in [6.07, 6.45) is 0.925. The molecule has 3 unspecified atom stereocenters. The Bertz CT molecular complexity index is 363. The Kier molecular flexibility index (Phi) is 3.98. The SMILES string of the molecule is CCC(C)c1nnnn1C(C)C(C)C(=O)O. The lowest BCUT2D eigenvalue weighted by atomic mass is 10.0. The molecule has 0 spiro atoms. The number of carbonyl (C=O) groups is 1. The molecular weight excluding hydrogens is 208 g/mol. The highest BCUT2D eigenvalue weighted by Crippen LogP contribution is 2.22. The van der Waals surface area contributed by atoms with E-state index in [1.54, 1.807) is 11.6 Å². The maximum absolute atomic E-state index is 10.9. The number of rotatable bonds is 5. The van der Waals surface area contributed by atoms with Gasteiger partial charge in [-0.3, -0.25) is 4.79 Å². The van der Waals surface area contributed by atoms with E-state index < -0.39 is 11.9 Å². The Morgan fingerprint density at radius 1 is 1.44 bits per heavy atom. The molecule has 0 saturated heterocycles. The van der Waals surface area contributed by atoms with Crippen molar-refractivity contribution >= 4 is 5.97 Å². The van der Waals surface area contributed by atoms with Crippen LogP contribution in [0, 0.1) is 5.92 Å². The molecule has 0 bridgehead atoms. The lowest BCUT2D eigenvalue weighted by molar-refractivity contribution is -0.142. The number of nitrogens with zero attached hydrogens (tertiary/aromatic N) is 4. The Morgan fingerprint density at radius 3 is 2.56 bits per heavy atom. The summed E-state index contributed by atoms with van der Waals surface area (Å²) in [6.45, 7) is 7.56. The van der Waals surface area contributed by atoms with E-state index in [4.69, 9.17) is 5.11 Å². The van der Waals surface area contributed by atoms with Gasteiger partial charge in [0.25, 0.3) is 0 Å². The largest absolute Gasteiger partial charge is 0.481 e. The van der Waals surface area contributed by atoms with E-state index in [0.717, 1.165) is 12.2 Å². The number of carboxylic acids is 1. The van der Waals surface area contributed by atoms with Crippen LogP contribution in [0.4, 0.5) is 0 Å². The molecule has 3 atom stereocenters. The third kappa shape index (κ3) is 2.37. The lowest BCUT2D eigenvalue weighted by Crippen LogP contribution is -2.24. The summed E-state index contributed by atoms with van der Waals surface area (Å²) < 4.78 is 1.62. The monoisotopic (exact) mass is 226 g/mol. The summed E-state index contributed by atoms with van der Waals surface area (Å²) in [4.78, 5) is 10.9. The molecule has 6 nitrogen and oxygen atoms in total. The van der Waals surface area contributed by atoms with Gasteiger partial charge in [-0.2, -0.15) is 0 Å². The van der Waals surface area contributed by atoms with Crippen molar-refractivity contribution < 1.29 is 9.90 Å². The molecule has 0 aromatic carbocycles. The van der Waals surface area contributed by atoms with Crippen LogP contribution >= 0.6 is 0 Å². The molecule has 0 radical (unpaired) electrons. The van der Waals surface area contributed by atoms with E-state index in [9.17, 15) is 4.79 Å². The minimum absolute atomic E-state index is 0.235. The van der Waals surface area contributed by atoms with Gasteiger partial charge in [-0.25, -0.2) is 4.68 Å². The van der Waals surface area contributed by atoms with E-state index in [-0.39, 0.29) is 12.0 Å². The van der Waals surface area contributed by atoms with Crippen LogP contribution in [0.15, 0.2) is 0 Å². The highest BCUT2D eigenvalue weighted by atomic mass is 16.4. The number of hydrogen-bond acceptors (Lipinski definition) is 4. The summed E-state index contributed by atoms with van der Waals surface area (Å²) >= 11 is 0. The van der Waals surface area contributed by atoms with Gasteiger partial charge in [-0.1, -0.05) is 13.8 Å². The van der Waals surface area contributed by atoms with Crippen LogP contribution in [0.2, 0.25) is 0 Å². The predicted molar refractivity (Wildman–Crippen MR) is 58.0 cm³/mol. The summed E-state index contributed by atoms with van der Waals surface area (Å²) in [7, 11) is 0. The molecule has 0 aliphatic heterocycles. The van der Waals surface area contributed by atoms with Crippen molar-refractivity contribution in [2.75, 3.05) is 0 Å². The Balaban J connectivity index is 2.95. The average Bonchev–Trinajstić information content (AvgIpc) is 2.74. The first-order valence-corrected chi connectivity index (χ1v) is 5.49. The summed E-state index contributed by atoms with van der Waals surface area (Å²) in [5.74, 6) is -0.356. The van der Waals surface area contributed by atoms with Crippen LogP contribution in [0.5, 0.6) is 0 Å². The standard InChI is InChI=1S/C10H18N4O2/c1-5-6(2)9-11-12-13-14(9)8(4)7(3)10(15)16/h6-8H,5H2,1-4H3,(H,15,16). The maximum atomic E-state index is 10.9. The Hall–Kier alpha value is -1.46. The van der Waals surface area contributed by atoms with Gasteiger partial charge in [0, 0.05) is 5.92 Å². The molecule has 0 aliphatic carbocycles. The van der Waals surface area contributed by atoms with Gasteiger partial charge in [0.2, 0.25) is 0 Å². The molecule has 1 aromatic rings. The number of aromatic nitrogens is 4. The lowest BCUT2D eigenvalue weighted by Gasteiger charge is -2.19. The van der Waals surface area contributed by atoms with Crippen LogP contribution in [-0.2, 0) is 4.79 Å². The highest BCUT2D eigenvalue weighted by molar-refractivity contribution is 5.70. The first-order valence-electron chi connectivity index (χ1n) is 5.49. The van der Waals surface area contributed by atoms with Crippen molar-refractivity contribution in [2.24, 2.45) is 5.92 Å². The van der Waals surface area contributed by atoms with E-state index in [1.807, 2.05) is 13.8 Å². The molecule has 0 saturated carbocycles. The minimum atomic E-state index is -0.835. The molecule has 1 aromatic heterocycles. The van der Waals surface area contributed by atoms with Crippen LogP contribution in [0.3, 0.4) is 0 Å². The van der Waals surface area contributed by atoms with Crippen LogP contribution < -0.4 is 0 Å². The molecule has 16 heavy (non-hydrogen) atoms. The van der Waals surface area contributed by atoms with Gasteiger partial charge in [0.15, 0.2) is 5.82 Å². The van der Waals surface area contributed by atoms with Gasteiger partial charge in [0.1, 0.15) is 0 Å². The van der Waals surface area contributed by atoms with E-state index >= 15 is 0 Å². The topological polar surface area (TPSA) is 80.9 Å². The first kappa shape index (κ1) is 12.6. The maximum Gasteiger partial charge on any atom is 0.308 e. The zero-order valence-corrected chi connectivity index (χ0v) is 10.1. The van der Waals surface area contributed by atoms with Crippen LogP contribution in [0.1, 0.15) is 51.9 Å². The van der Waals surface area contributed by atoms with Crippen LogP contribution in [0.25, 0.3) is 0 Å². The Morgan fingerprint density at radius 2 is 2.06 bits per heavy atom. The molecule has 0 fully saturated rings. The summed E-state index contributed by atoms with van der Waals surface area (Å²) in [6, 6.07) is -0.239. The predicted octanol–water partition coefficient (Wildman–Crippen LogP) is 1.47. The number of tetrazole rings is 1. The fraction of sp³-hybridized carbons (Fsp3) is 0.800. The fourth-order valence-corrected chi connectivity index (χ4v) is 1.42. The second-order valence-corrected chi connectivity index (χ2v) is 4.16. The zero-order chi connectivity index (χ0) is 12.3. The van der Waals surface area contributed by atoms with Gasteiger partial charge < -0.3 is 5.11 Å². The number of carboxylic acid groups (broad SMARTS) is 1. The molecule has 6 heteroatoms. The molecule has 1 rings (SSSR count). The zero-order valence-electron chi connectivity index (χ0n) is 10.1. The smallest absolute Gasteiger partial charge is 0.308 e. The van der Waals surface area contributed by atoms with Crippen molar-refractivity contribution in [2.45, 2.75) is 46.1 Å². The number of aliphatic carboxylic acids is 1. The van der Waals surface area contributed by atoms with E-state index in [2.05, 4.69) is 22.4 Å². The van der Waals surface area contributed by atoms with E-state index in [0.29, 0.717) is 0 Å². The molecule has 1 heterocycles. The summed E-state index contributed by atoms with van der Waals surface area (Å²) in [5, 5.41) is 20.4. The van der Waals surface area contributed by atoms with Crippen molar-refractivity contribution in [3.63, 3.8) is 0 Å². The van der Waals surface area contributed by atoms with Gasteiger partial charge in [-0.15, -0.1) is 5.10 Å². The molecule has 0 amide bonds. The van der Waals surface area contributed by atoms with Gasteiger partial charge >= 0.3 is 5.97 Å². The second kappa shape index (κ2) is 5.05. The van der Waals surface area contributed by atoms with Gasteiger partial charge in [-0.05, 0) is 30.7 Å². The van der Waals surface area contributed by atoms with E-state index in [1.165, 1.54) is 0 Å². The third-order valence-corrected chi connectivity index (χ3v) is 3.07. The first-order chi connectivity index (χ1) is 7.49. The molecule has 0 aliphatic rings.